The topological polar surface area (TPSA) is 51.2 Å². The Bertz CT molecular complexity index is 710. The number of carbonyl (C=O) groups excluding carboxylic acids is 1. The molecule has 19 heavy (non-hydrogen) atoms. The van der Waals surface area contributed by atoms with Crippen LogP contribution in [0.2, 0.25) is 0 Å². The molecule has 0 spiro atoms. The standard InChI is InChI=1S/C14H9N2O2S/c17-14(16-18-11-4-2-1-3-5-11)10-6-7-12-13(8-10)19-9-15-12/h1-8H,(H,16,17). The van der Waals surface area contributed by atoms with Crippen LogP contribution < -0.4 is 10.3 Å². The summed E-state index contributed by atoms with van der Waals surface area (Å²) in [6.45, 7) is 0. The van der Waals surface area contributed by atoms with Gasteiger partial charge in [-0.1, -0.05) is 18.2 Å². The summed E-state index contributed by atoms with van der Waals surface area (Å²) in [4.78, 5) is 21.2. The van der Waals surface area contributed by atoms with E-state index >= 15 is 0 Å². The van der Waals surface area contributed by atoms with Gasteiger partial charge in [0.15, 0.2) is 11.3 Å². The number of hydroxylamine groups is 1. The number of para-hydroxylation sites is 1. The Balaban J connectivity index is 1.73. The van der Waals surface area contributed by atoms with Crippen LogP contribution in [-0.4, -0.2) is 10.9 Å². The molecule has 0 unspecified atom stereocenters. The van der Waals surface area contributed by atoms with Gasteiger partial charge in [-0.25, -0.2) is 4.98 Å². The summed E-state index contributed by atoms with van der Waals surface area (Å²) in [5.41, 5.74) is 6.56. The SMILES string of the molecule is O=C(NOc1ccccc1)c1ccc2n[c]sc2c1. The minimum Gasteiger partial charge on any atom is -0.379 e. The van der Waals surface area contributed by atoms with E-state index in [4.69, 9.17) is 4.84 Å². The Labute approximate surface area is 113 Å². The molecule has 1 N–H and O–H groups in total. The fraction of sp³-hybridized carbons (Fsp3) is 0. The van der Waals surface area contributed by atoms with Crippen molar-refractivity contribution in [1.29, 1.82) is 0 Å². The second-order valence-corrected chi connectivity index (χ2v) is 4.66. The lowest BCUT2D eigenvalue weighted by Gasteiger charge is -2.06. The van der Waals surface area contributed by atoms with Crippen molar-refractivity contribution in [1.82, 2.24) is 10.5 Å². The highest BCUT2D eigenvalue weighted by molar-refractivity contribution is 7.16. The van der Waals surface area contributed by atoms with E-state index in [1.807, 2.05) is 18.2 Å². The first kappa shape index (κ1) is 11.7. The van der Waals surface area contributed by atoms with E-state index in [0.29, 0.717) is 11.3 Å². The Hall–Kier alpha value is -2.40. The van der Waals surface area contributed by atoms with Crippen LogP contribution in [0.15, 0.2) is 48.5 Å². The van der Waals surface area contributed by atoms with E-state index in [1.54, 1.807) is 30.3 Å². The average Bonchev–Trinajstić information content (AvgIpc) is 2.93. The van der Waals surface area contributed by atoms with Crippen LogP contribution in [0.25, 0.3) is 10.2 Å². The molecule has 1 radical (unpaired) electrons. The van der Waals surface area contributed by atoms with Gasteiger partial charge >= 0.3 is 0 Å². The molecule has 0 atom stereocenters. The van der Waals surface area contributed by atoms with Crippen molar-refractivity contribution in [3.8, 4) is 5.75 Å². The van der Waals surface area contributed by atoms with E-state index in [2.05, 4.69) is 16.0 Å². The molecule has 1 amide bonds. The number of carbonyl (C=O) groups is 1. The number of amides is 1. The number of benzene rings is 2. The van der Waals surface area contributed by atoms with Gasteiger partial charge in [-0.15, -0.1) is 11.3 Å². The molecule has 0 fully saturated rings. The fourth-order valence-corrected chi connectivity index (χ4v) is 2.25. The number of nitrogens with one attached hydrogen (secondary N) is 1. The lowest BCUT2D eigenvalue weighted by Crippen LogP contribution is -2.26. The quantitative estimate of drug-likeness (QED) is 0.744. The van der Waals surface area contributed by atoms with Crippen LogP contribution in [0.1, 0.15) is 10.4 Å². The molecule has 0 saturated heterocycles. The summed E-state index contributed by atoms with van der Waals surface area (Å²) < 4.78 is 0.923. The first-order valence-electron chi connectivity index (χ1n) is 5.62. The van der Waals surface area contributed by atoms with Crippen LogP contribution in [0.4, 0.5) is 0 Å². The molecule has 2 aromatic carbocycles. The number of aromatic nitrogens is 1. The Kier molecular flexibility index (Phi) is 3.12. The van der Waals surface area contributed by atoms with Gasteiger partial charge in [0, 0.05) is 5.56 Å². The van der Waals surface area contributed by atoms with E-state index in [-0.39, 0.29) is 5.91 Å². The van der Waals surface area contributed by atoms with Gasteiger partial charge in [-0.2, -0.15) is 5.48 Å². The first-order chi connectivity index (χ1) is 9.33. The zero-order chi connectivity index (χ0) is 13.1. The van der Waals surface area contributed by atoms with Gasteiger partial charge in [0.1, 0.15) is 0 Å². The van der Waals surface area contributed by atoms with Gasteiger partial charge in [-0.05, 0) is 30.3 Å². The predicted octanol–water partition coefficient (Wildman–Crippen LogP) is 2.82. The molecule has 1 heterocycles. The highest BCUT2D eigenvalue weighted by Crippen LogP contribution is 2.18. The highest BCUT2D eigenvalue weighted by Gasteiger charge is 2.08. The molecule has 5 heteroatoms. The number of rotatable bonds is 3. The number of hydrogen-bond acceptors (Lipinski definition) is 4. The molecule has 0 aliphatic heterocycles. The number of nitrogens with zero attached hydrogens (tertiary/aromatic N) is 1. The number of thiazole rings is 1. The maximum absolute atomic E-state index is 11.9. The summed E-state index contributed by atoms with van der Waals surface area (Å²) in [6, 6.07) is 14.3. The number of fused-ring (bicyclic) bond motifs is 1. The highest BCUT2D eigenvalue weighted by atomic mass is 32.1. The van der Waals surface area contributed by atoms with Gasteiger partial charge in [-0.3, -0.25) is 4.79 Å². The summed E-state index contributed by atoms with van der Waals surface area (Å²) in [6.07, 6.45) is 0. The second kappa shape index (κ2) is 5.07. The van der Waals surface area contributed by atoms with Crippen molar-refractivity contribution in [3.63, 3.8) is 0 Å². The minimum atomic E-state index is -0.292. The molecule has 0 bridgehead atoms. The van der Waals surface area contributed by atoms with Crippen molar-refractivity contribution in [3.05, 3.63) is 59.6 Å². The third-order valence-electron chi connectivity index (χ3n) is 2.55. The lowest BCUT2D eigenvalue weighted by molar-refractivity contribution is 0.0760. The van der Waals surface area contributed by atoms with Crippen LogP contribution in [-0.2, 0) is 0 Å². The molecule has 0 aliphatic rings. The van der Waals surface area contributed by atoms with E-state index in [9.17, 15) is 4.79 Å². The summed E-state index contributed by atoms with van der Waals surface area (Å²) >= 11 is 1.38. The van der Waals surface area contributed by atoms with Gasteiger partial charge in [0.05, 0.1) is 10.2 Å². The van der Waals surface area contributed by atoms with Gasteiger partial charge in [0.25, 0.3) is 5.91 Å². The van der Waals surface area contributed by atoms with E-state index in [0.717, 1.165) is 10.2 Å². The molecule has 3 rings (SSSR count). The van der Waals surface area contributed by atoms with Gasteiger partial charge < -0.3 is 4.84 Å². The molecule has 0 saturated carbocycles. The molecule has 93 valence electrons. The van der Waals surface area contributed by atoms with Gasteiger partial charge in [0.2, 0.25) is 0 Å². The van der Waals surface area contributed by atoms with E-state index in [1.165, 1.54) is 11.3 Å². The summed E-state index contributed by atoms with van der Waals surface area (Å²) in [5, 5.41) is 0. The molecular formula is C14H9N2O2S. The predicted molar refractivity (Wildman–Crippen MR) is 73.0 cm³/mol. The molecule has 0 aliphatic carbocycles. The maximum atomic E-state index is 11.9. The minimum absolute atomic E-state index is 0.292. The average molecular weight is 269 g/mol. The Morgan fingerprint density at radius 1 is 1.21 bits per heavy atom. The Morgan fingerprint density at radius 2 is 2.05 bits per heavy atom. The zero-order valence-corrected chi connectivity index (χ0v) is 10.6. The van der Waals surface area contributed by atoms with Crippen LogP contribution in [0, 0.1) is 5.51 Å². The normalized spacial score (nSPS) is 10.3. The smallest absolute Gasteiger partial charge is 0.283 e. The first-order valence-corrected chi connectivity index (χ1v) is 6.43. The third kappa shape index (κ3) is 2.56. The maximum Gasteiger partial charge on any atom is 0.283 e. The van der Waals surface area contributed by atoms with Crippen molar-refractivity contribution >= 4 is 27.5 Å². The van der Waals surface area contributed by atoms with Crippen LogP contribution in [0.5, 0.6) is 5.75 Å². The number of hydrogen-bond donors (Lipinski definition) is 1. The van der Waals surface area contributed by atoms with Crippen LogP contribution >= 0.6 is 11.3 Å². The molecule has 4 nitrogen and oxygen atoms in total. The van der Waals surface area contributed by atoms with Crippen LogP contribution in [0.3, 0.4) is 0 Å². The van der Waals surface area contributed by atoms with Crippen molar-refractivity contribution in [2.45, 2.75) is 0 Å². The molecule has 1 aromatic heterocycles. The lowest BCUT2D eigenvalue weighted by atomic mass is 10.2. The third-order valence-corrected chi connectivity index (χ3v) is 3.28. The molecule has 3 aromatic rings. The van der Waals surface area contributed by atoms with Crippen molar-refractivity contribution < 1.29 is 9.63 Å². The summed E-state index contributed by atoms with van der Waals surface area (Å²) in [7, 11) is 0. The summed E-state index contributed by atoms with van der Waals surface area (Å²) in [5.74, 6) is 0.294. The van der Waals surface area contributed by atoms with Crippen molar-refractivity contribution in [2.75, 3.05) is 0 Å². The fourth-order valence-electron chi connectivity index (χ4n) is 1.60. The molecular weight excluding hydrogens is 260 g/mol. The monoisotopic (exact) mass is 269 g/mol. The Morgan fingerprint density at radius 3 is 2.89 bits per heavy atom. The second-order valence-electron chi connectivity index (χ2n) is 3.83. The zero-order valence-electron chi connectivity index (χ0n) is 9.79. The van der Waals surface area contributed by atoms with E-state index < -0.39 is 0 Å². The largest absolute Gasteiger partial charge is 0.379 e. The van der Waals surface area contributed by atoms with Crippen molar-refractivity contribution in [2.24, 2.45) is 0 Å².